The van der Waals surface area contributed by atoms with Gasteiger partial charge in [0.05, 0.1) is 12.5 Å². The zero-order chi connectivity index (χ0) is 14.4. The number of carbonyl (C=O) groups excluding carboxylic acids is 1. The number of hydrazine groups is 1. The standard InChI is InChI=1S/C13H19N5O/c1-9(2)18(6-4-5-14)13(19)11-7-10(3)16-12(8-11)17-15/h7-9H,4,6,15H2,1-3H3,(H,16,17). The van der Waals surface area contributed by atoms with E-state index in [9.17, 15) is 4.79 Å². The lowest BCUT2D eigenvalue weighted by Gasteiger charge is -2.26. The highest BCUT2D eigenvalue weighted by Crippen LogP contribution is 2.14. The highest BCUT2D eigenvalue weighted by molar-refractivity contribution is 5.95. The van der Waals surface area contributed by atoms with Crippen LogP contribution in [0.1, 0.15) is 36.3 Å². The number of amides is 1. The molecule has 3 N–H and O–H groups in total. The molecular formula is C13H19N5O. The fourth-order valence-corrected chi connectivity index (χ4v) is 1.80. The summed E-state index contributed by atoms with van der Waals surface area (Å²) in [5.74, 6) is 5.66. The van der Waals surface area contributed by atoms with Crippen LogP contribution in [0.15, 0.2) is 12.1 Å². The third-order valence-electron chi connectivity index (χ3n) is 2.70. The highest BCUT2D eigenvalue weighted by Gasteiger charge is 2.19. The van der Waals surface area contributed by atoms with E-state index in [4.69, 9.17) is 11.1 Å². The number of anilines is 1. The minimum atomic E-state index is -0.118. The second-order valence-corrected chi connectivity index (χ2v) is 4.53. The summed E-state index contributed by atoms with van der Waals surface area (Å²) in [6.45, 7) is 6.06. The Kier molecular flexibility index (Phi) is 5.27. The van der Waals surface area contributed by atoms with Crippen LogP contribution in [-0.4, -0.2) is 28.4 Å². The van der Waals surface area contributed by atoms with Gasteiger partial charge in [-0.3, -0.25) is 4.79 Å². The third-order valence-corrected chi connectivity index (χ3v) is 2.70. The van der Waals surface area contributed by atoms with Gasteiger partial charge in [-0.05, 0) is 32.9 Å². The number of aryl methyl sites for hydroxylation is 1. The van der Waals surface area contributed by atoms with Crippen LogP contribution in [0.2, 0.25) is 0 Å². The van der Waals surface area contributed by atoms with Gasteiger partial charge in [-0.1, -0.05) is 0 Å². The monoisotopic (exact) mass is 261 g/mol. The highest BCUT2D eigenvalue weighted by atomic mass is 16.2. The van der Waals surface area contributed by atoms with Gasteiger partial charge in [-0.15, -0.1) is 0 Å². The van der Waals surface area contributed by atoms with Crippen molar-refractivity contribution in [1.29, 1.82) is 5.26 Å². The quantitative estimate of drug-likeness (QED) is 0.617. The van der Waals surface area contributed by atoms with Crippen molar-refractivity contribution in [2.24, 2.45) is 5.84 Å². The Bertz CT molecular complexity index is 492. The van der Waals surface area contributed by atoms with Crippen LogP contribution in [0, 0.1) is 18.3 Å². The molecule has 0 aliphatic heterocycles. The Morgan fingerprint density at radius 2 is 2.26 bits per heavy atom. The molecule has 0 aliphatic rings. The zero-order valence-corrected chi connectivity index (χ0v) is 11.5. The first-order valence-corrected chi connectivity index (χ1v) is 6.12. The lowest BCUT2D eigenvalue weighted by Crippen LogP contribution is -2.37. The van der Waals surface area contributed by atoms with Crippen molar-refractivity contribution in [2.75, 3.05) is 12.0 Å². The molecule has 0 aliphatic carbocycles. The summed E-state index contributed by atoms with van der Waals surface area (Å²) in [4.78, 5) is 18.2. The van der Waals surface area contributed by atoms with Crippen LogP contribution in [0.5, 0.6) is 0 Å². The number of hydrogen-bond donors (Lipinski definition) is 2. The number of pyridine rings is 1. The van der Waals surface area contributed by atoms with E-state index in [1.165, 1.54) is 0 Å². The SMILES string of the molecule is Cc1cc(C(=O)N(CCC#N)C(C)C)cc(NN)n1. The molecule has 0 radical (unpaired) electrons. The second-order valence-electron chi connectivity index (χ2n) is 4.53. The molecule has 0 atom stereocenters. The van der Waals surface area contributed by atoms with E-state index >= 15 is 0 Å². The average Bonchev–Trinajstić information content (AvgIpc) is 2.37. The van der Waals surface area contributed by atoms with Crippen LogP contribution in [0.3, 0.4) is 0 Å². The van der Waals surface area contributed by atoms with E-state index in [0.29, 0.717) is 30.0 Å². The van der Waals surface area contributed by atoms with Crippen LogP contribution in [0.4, 0.5) is 5.82 Å². The van der Waals surface area contributed by atoms with Crippen molar-refractivity contribution >= 4 is 11.7 Å². The Morgan fingerprint density at radius 3 is 2.79 bits per heavy atom. The Morgan fingerprint density at radius 1 is 1.58 bits per heavy atom. The number of nitrogens with one attached hydrogen (secondary N) is 1. The zero-order valence-electron chi connectivity index (χ0n) is 11.5. The Hall–Kier alpha value is -2.13. The number of nitrogens with two attached hydrogens (primary N) is 1. The molecule has 1 aromatic rings. The molecule has 19 heavy (non-hydrogen) atoms. The van der Waals surface area contributed by atoms with E-state index in [2.05, 4.69) is 16.5 Å². The van der Waals surface area contributed by atoms with Gasteiger partial charge in [0.2, 0.25) is 0 Å². The number of nitrogens with zero attached hydrogens (tertiary/aromatic N) is 3. The normalized spacial score (nSPS) is 10.1. The Balaban J connectivity index is 3.02. The fraction of sp³-hybridized carbons (Fsp3) is 0.462. The minimum Gasteiger partial charge on any atom is -0.335 e. The molecule has 1 amide bonds. The number of nitrogen functional groups attached to an aromatic ring is 1. The summed E-state index contributed by atoms with van der Waals surface area (Å²) in [5.41, 5.74) is 3.67. The topological polar surface area (TPSA) is 95.0 Å². The lowest BCUT2D eigenvalue weighted by atomic mass is 10.1. The van der Waals surface area contributed by atoms with E-state index in [1.54, 1.807) is 24.0 Å². The van der Waals surface area contributed by atoms with Gasteiger partial charge in [0, 0.05) is 23.8 Å². The van der Waals surface area contributed by atoms with Gasteiger partial charge < -0.3 is 10.3 Å². The van der Waals surface area contributed by atoms with Crippen molar-refractivity contribution in [3.8, 4) is 6.07 Å². The molecule has 0 bridgehead atoms. The first-order valence-electron chi connectivity index (χ1n) is 6.12. The predicted octanol–water partition coefficient (Wildman–Crippen LogP) is 1.44. The largest absolute Gasteiger partial charge is 0.335 e. The molecule has 1 aromatic heterocycles. The molecule has 0 unspecified atom stereocenters. The van der Waals surface area contributed by atoms with Gasteiger partial charge in [0.1, 0.15) is 5.82 Å². The molecule has 0 spiro atoms. The molecule has 6 nitrogen and oxygen atoms in total. The molecule has 1 heterocycles. The number of carbonyl (C=O) groups is 1. The fourth-order valence-electron chi connectivity index (χ4n) is 1.80. The smallest absolute Gasteiger partial charge is 0.254 e. The second kappa shape index (κ2) is 6.71. The summed E-state index contributed by atoms with van der Waals surface area (Å²) in [6, 6.07) is 5.41. The van der Waals surface area contributed by atoms with Crippen LogP contribution in [0.25, 0.3) is 0 Å². The molecular weight excluding hydrogens is 242 g/mol. The number of nitriles is 1. The van der Waals surface area contributed by atoms with Crippen molar-refractivity contribution in [2.45, 2.75) is 33.2 Å². The summed E-state index contributed by atoms with van der Waals surface area (Å²) < 4.78 is 0. The van der Waals surface area contributed by atoms with Gasteiger partial charge in [0.25, 0.3) is 5.91 Å². The molecule has 0 saturated carbocycles. The maximum atomic E-state index is 12.4. The average molecular weight is 261 g/mol. The van der Waals surface area contributed by atoms with Crippen molar-refractivity contribution < 1.29 is 4.79 Å². The third kappa shape index (κ3) is 3.93. The maximum Gasteiger partial charge on any atom is 0.254 e. The molecule has 1 rings (SSSR count). The predicted molar refractivity (Wildman–Crippen MR) is 73.2 cm³/mol. The summed E-state index contributed by atoms with van der Waals surface area (Å²) in [5, 5.41) is 8.65. The summed E-state index contributed by atoms with van der Waals surface area (Å²) >= 11 is 0. The lowest BCUT2D eigenvalue weighted by molar-refractivity contribution is 0.0710. The molecule has 102 valence electrons. The van der Waals surface area contributed by atoms with Crippen LogP contribution >= 0.6 is 0 Å². The van der Waals surface area contributed by atoms with Gasteiger partial charge in [-0.25, -0.2) is 10.8 Å². The Labute approximate surface area is 113 Å². The number of hydrogen-bond acceptors (Lipinski definition) is 5. The number of rotatable bonds is 5. The minimum absolute atomic E-state index is 0.0311. The van der Waals surface area contributed by atoms with Crippen LogP contribution < -0.4 is 11.3 Å². The van der Waals surface area contributed by atoms with E-state index in [0.717, 1.165) is 0 Å². The van der Waals surface area contributed by atoms with Gasteiger partial charge in [0.15, 0.2) is 0 Å². The van der Waals surface area contributed by atoms with Crippen molar-refractivity contribution in [3.63, 3.8) is 0 Å². The molecule has 6 heteroatoms. The van der Waals surface area contributed by atoms with Crippen molar-refractivity contribution in [3.05, 3.63) is 23.4 Å². The first kappa shape index (κ1) is 14.9. The van der Waals surface area contributed by atoms with E-state index in [1.807, 2.05) is 13.8 Å². The van der Waals surface area contributed by atoms with Crippen LogP contribution in [-0.2, 0) is 0 Å². The number of aromatic nitrogens is 1. The van der Waals surface area contributed by atoms with Crippen molar-refractivity contribution in [1.82, 2.24) is 9.88 Å². The van der Waals surface area contributed by atoms with Gasteiger partial charge >= 0.3 is 0 Å². The van der Waals surface area contributed by atoms with Gasteiger partial charge in [-0.2, -0.15) is 5.26 Å². The molecule has 0 aromatic carbocycles. The van der Waals surface area contributed by atoms with E-state index in [-0.39, 0.29) is 11.9 Å². The first-order chi connectivity index (χ1) is 8.99. The summed E-state index contributed by atoms with van der Waals surface area (Å²) in [6.07, 6.45) is 0.315. The van der Waals surface area contributed by atoms with E-state index < -0.39 is 0 Å². The molecule has 0 fully saturated rings. The maximum absolute atomic E-state index is 12.4. The molecule has 0 saturated heterocycles. The summed E-state index contributed by atoms with van der Waals surface area (Å²) in [7, 11) is 0.